The van der Waals surface area contributed by atoms with E-state index < -0.39 is 6.04 Å². The highest BCUT2D eigenvalue weighted by atomic mass is 16.5. The molecule has 1 heterocycles. The van der Waals surface area contributed by atoms with Crippen LogP contribution in [-0.4, -0.2) is 59.7 Å². The highest BCUT2D eigenvalue weighted by Gasteiger charge is 2.35. The maximum atomic E-state index is 13.1. The number of imide groups is 1. The quantitative estimate of drug-likeness (QED) is 0.560. The van der Waals surface area contributed by atoms with Crippen molar-refractivity contribution in [3.05, 3.63) is 65.2 Å². The Hall–Kier alpha value is -3.68. The molecule has 1 aliphatic heterocycles. The van der Waals surface area contributed by atoms with Gasteiger partial charge in [-0.15, -0.1) is 0 Å². The standard InChI is InChI=1S/C25H29N3O5/c1-4-26-23(30)17(2)28(16-18-9-7-10-19(15-18)33-3)22(29)13-8-14-27-24(31)20-11-5-6-12-21(20)25(27)32/h5-7,9-12,15,17H,4,8,13-14,16H2,1-3H3,(H,26,30). The van der Waals surface area contributed by atoms with E-state index in [9.17, 15) is 19.2 Å². The Labute approximate surface area is 193 Å². The number of likely N-dealkylation sites (N-methyl/N-ethyl adjacent to an activating group) is 1. The van der Waals surface area contributed by atoms with Crippen molar-refractivity contribution < 1.29 is 23.9 Å². The van der Waals surface area contributed by atoms with Gasteiger partial charge in [-0.2, -0.15) is 0 Å². The van der Waals surface area contributed by atoms with Crippen molar-refractivity contribution >= 4 is 23.6 Å². The summed E-state index contributed by atoms with van der Waals surface area (Å²) in [5.74, 6) is -0.489. The molecular formula is C25H29N3O5. The molecule has 0 spiro atoms. The SMILES string of the molecule is CCNC(=O)C(C)N(Cc1cccc(OC)c1)C(=O)CCCN1C(=O)c2ccccc2C1=O. The predicted octanol–water partition coefficient (Wildman–Crippen LogP) is 2.62. The van der Waals surface area contributed by atoms with Gasteiger partial charge in [-0.3, -0.25) is 24.1 Å². The molecule has 2 aromatic carbocycles. The Morgan fingerprint density at radius 2 is 1.73 bits per heavy atom. The molecule has 0 aromatic heterocycles. The molecule has 3 rings (SSSR count). The molecule has 33 heavy (non-hydrogen) atoms. The van der Waals surface area contributed by atoms with Crippen LogP contribution in [0.15, 0.2) is 48.5 Å². The number of carbonyl (C=O) groups excluding carboxylic acids is 4. The van der Waals surface area contributed by atoms with Crippen LogP contribution in [0.25, 0.3) is 0 Å². The van der Waals surface area contributed by atoms with Crippen molar-refractivity contribution in [1.82, 2.24) is 15.1 Å². The molecule has 8 nitrogen and oxygen atoms in total. The first-order valence-electron chi connectivity index (χ1n) is 11.0. The van der Waals surface area contributed by atoms with E-state index in [4.69, 9.17) is 4.74 Å². The van der Waals surface area contributed by atoms with Gasteiger partial charge in [0.1, 0.15) is 11.8 Å². The van der Waals surface area contributed by atoms with Crippen molar-refractivity contribution in [1.29, 1.82) is 0 Å². The molecule has 4 amide bonds. The van der Waals surface area contributed by atoms with E-state index in [1.54, 1.807) is 38.3 Å². The summed E-state index contributed by atoms with van der Waals surface area (Å²) in [7, 11) is 1.57. The molecular weight excluding hydrogens is 422 g/mol. The van der Waals surface area contributed by atoms with Crippen LogP contribution in [0.1, 0.15) is 53.0 Å². The Balaban J connectivity index is 1.67. The first-order chi connectivity index (χ1) is 15.9. The van der Waals surface area contributed by atoms with Gasteiger partial charge in [0.2, 0.25) is 11.8 Å². The van der Waals surface area contributed by atoms with Crippen LogP contribution in [0.5, 0.6) is 5.75 Å². The van der Waals surface area contributed by atoms with E-state index in [0.29, 0.717) is 29.8 Å². The second-order valence-electron chi connectivity index (χ2n) is 7.85. The number of hydrogen-bond donors (Lipinski definition) is 1. The molecule has 2 aromatic rings. The van der Waals surface area contributed by atoms with Gasteiger partial charge in [-0.05, 0) is 50.1 Å². The summed E-state index contributed by atoms with van der Waals surface area (Å²) >= 11 is 0. The average Bonchev–Trinajstić information content (AvgIpc) is 3.07. The summed E-state index contributed by atoms with van der Waals surface area (Å²) in [6.45, 7) is 4.35. The number of benzene rings is 2. The number of nitrogens with zero attached hydrogens (tertiary/aromatic N) is 2. The van der Waals surface area contributed by atoms with Crippen molar-refractivity contribution in [2.75, 3.05) is 20.2 Å². The number of hydrogen-bond acceptors (Lipinski definition) is 5. The third kappa shape index (κ3) is 5.39. The number of fused-ring (bicyclic) bond motifs is 1. The highest BCUT2D eigenvalue weighted by molar-refractivity contribution is 6.21. The fourth-order valence-corrected chi connectivity index (χ4v) is 3.85. The first kappa shape index (κ1) is 24.0. The zero-order valence-electron chi connectivity index (χ0n) is 19.2. The lowest BCUT2D eigenvalue weighted by molar-refractivity contribution is -0.140. The number of ether oxygens (including phenoxy) is 1. The average molecular weight is 452 g/mol. The second kappa shape index (κ2) is 10.8. The Kier molecular flexibility index (Phi) is 7.82. The molecule has 0 fully saturated rings. The van der Waals surface area contributed by atoms with Gasteiger partial charge in [0.25, 0.3) is 11.8 Å². The molecule has 1 N–H and O–H groups in total. The third-order valence-electron chi connectivity index (χ3n) is 5.66. The van der Waals surface area contributed by atoms with Crippen LogP contribution in [0.4, 0.5) is 0 Å². The van der Waals surface area contributed by atoms with Gasteiger partial charge in [-0.1, -0.05) is 24.3 Å². The summed E-state index contributed by atoms with van der Waals surface area (Å²) < 4.78 is 5.26. The van der Waals surface area contributed by atoms with Gasteiger partial charge < -0.3 is 15.0 Å². The molecule has 1 aliphatic rings. The fraction of sp³-hybridized carbons (Fsp3) is 0.360. The number of methoxy groups -OCH3 is 1. The van der Waals surface area contributed by atoms with Crippen molar-refractivity contribution in [3.63, 3.8) is 0 Å². The first-order valence-corrected chi connectivity index (χ1v) is 11.0. The van der Waals surface area contributed by atoms with E-state index in [-0.39, 0.29) is 43.1 Å². The summed E-state index contributed by atoms with van der Waals surface area (Å²) in [5.41, 5.74) is 1.61. The lowest BCUT2D eigenvalue weighted by Crippen LogP contribution is -2.47. The minimum atomic E-state index is -0.678. The van der Waals surface area contributed by atoms with E-state index in [2.05, 4.69) is 5.32 Å². The molecule has 1 atom stereocenters. The van der Waals surface area contributed by atoms with E-state index in [0.717, 1.165) is 5.56 Å². The highest BCUT2D eigenvalue weighted by Crippen LogP contribution is 2.23. The minimum Gasteiger partial charge on any atom is -0.497 e. The van der Waals surface area contributed by atoms with Crippen molar-refractivity contribution in [2.24, 2.45) is 0 Å². The maximum absolute atomic E-state index is 13.1. The van der Waals surface area contributed by atoms with Crippen LogP contribution in [0.3, 0.4) is 0 Å². The molecule has 0 radical (unpaired) electrons. The number of amides is 4. The molecule has 0 bridgehead atoms. The fourth-order valence-electron chi connectivity index (χ4n) is 3.85. The summed E-state index contributed by atoms with van der Waals surface area (Å²) in [4.78, 5) is 53.4. The van der Waals surface area contributed by atoms with Gasteiger partial charge >= 0.3 is 0 Å². The van der Waals surface area contributed by atoms with Crippen molar-refractivity contribution in [2.45, 2.75) is 39.3 Å². The second-order valence-corrected chi connectivity index (χ2v) is 7.85. The Morgan fingerprint density at radius 3 is 2.33 bits per heavy atom. The predicted molar refractivity (Wildman–Crippen MR) is 123 cm³/mol. The molecule has 0 saturated carbocycles. The monoisotopic (exact) mass is 451 g/mol. The van der Waals surface area contributed by atoms with Crippen LogP contribution in [0.2, 0.25) is 0 Å². The van der Waals surface area contributed by atoms with E-state index in [1.807, 2.05) is 31.2 Å². The van der Waals surface area contributed by atoms with E-state index in [1.165, 1.54) is 9.80 Å². The lowest BCUT2D eigenvalue weighted by atomic mass is 10.1. The Bertz CT molecular complexity index is 1020. The smallest absolute Gasteiger partial charge is 0.261 e. The molecule has 0 saturated heterocycles. The Morgan fingerprint density at radius 1 is 1.06 bits per heavy atom. The maximum Gasteiger partial charge on any atom is 0.261 e. The van der Waals surface area contributed by atoms with Crippen LogP contribution < -0.4 is 10.1 Å². The summed E-state index contributed by atoms with van der Waals surface area (Å²) in [6, 6.07) is 13.3. The summed E-state index contributed by atoms with van der Waals surface area (Å²) in [5, 5.41) is 2.76. The summed E-state index contributed by atoms with van der Waals surface area (Å²) in [6.07, 6.45) is 0.405. The van der Waals surface area contributed by atoms with Gasteiger partial charge in [0.15, 0.2) is 0 Å². The number of carbonyl (C=O) groups is 4. The van der Waals surface area contributed by atoms with Gasteiger partial charge in [0.05, 0.1) is 18.2 Å². The van der Waals surface area contributed by atoms with Crippen LogP contribution in [0, 0.1) is 0 Å². The third-order valence-corrected chi connectivity index (χ3v) is 5.66. The van der Waals surface area contributed by atoms with E-state index >= 15 is 0 Å². The van der Waals surface area contributed by atoms with Crippen LogP contribution in [-0.2, 0) is 16.1 Å². The topological polar surface area (TPSA) is 96.0 Å². The molecule has 8 heteroatoms. The van der Waals surface area contributed by atoms with Gasteiger partial charge in [-0.25, -0.2) is 0 Å². The lowest BCUT2D eigenvalue weighted by Gasteiger charge is -2.29. The zero-order valence-corrected chi connectivity index (χ0v) is 19.2. The zero-order chi connectivity index (χ0) is 24.0. The minimum absolute atomic E-state index is 0.0983. The van der Waals surface area contributed by atoms with Crippen molar-refractivity contribution in [3.8, 4) is 5.75 Å². The number of rotatable bonds is 10. The molecule has 174 valence electrons. The largest absolute Gasteiger partial charge is 0.497 e. The van der Waals surface area contributed by atoms with Crippen LogP contribution >= 0.6 is 0 Å². The number of nitrogens with one attached hydrogen (secondary N) is 1. The molecule has 0 aliphatic carbocycles. The normalized spacial score (nSPS) is 13.5. The van der Waals surface area contributed by atoms with Gasteiger partial charge in [0, 0.05) is 26.1 Å². The molecule has 1 unspecified atom stereocenters.